The van der Waals surface area contributed by atoms with Crippen LogP contribution >= 0.6 is 11.3 Å². The van der Waals surface area contributed by atoms with E-state index in [4.69, 9.17) is 0 Å². The number of piperidine rings is 1. The van der Waals surface area contributed by atoms with Crippen molar-refractivity contribution in [3.05, 3.63) is 52.4 Å². The zero-order valence-corrected chi connectivity index (χ0v) is 17.0. The third-order valence-electron chi connectivity index (χ3n) is 5.84. The molecule has 4 nitrogen and oxygen atoms in total. The van der Waals surface area contributed by atoms with Crippen LogP contribution < -0.4 is 0 Å². The number of benzene rings is 1. The molecule has 0 aliphatic carbocycles. The first-order valence-electron chi connectivity index (χ1n) is 9.31. The van der Waals surface area contributed by atoms with Crippen LogP contribution in [0, 0.1) is 12.8 Å². The minimum atomic E-state index is -3.33. The summed E-state index contributed by atoms with van der Waals surface area (Å²) in [6.45, 7) is 4.27. The summed E-state index contributed by atoms with van der Waals surface area (Å²) in [5.41, 5.74) is 2.90. The highest BCUT2D eigenvalue weighted by molar-refractivity contribution is 7.91. The second kappa shape index (κ2) is 7.08. The van der Waals surface area contributed by atoms with Gasteiger partial charge in [-0.05, 0) is 62.4 Å². The summed E-state index contributed by atoms with van der Waals surface area (Å²) in [6.07, 6.45) is 2.95. The molecule has 26 heavy (non-hydrogen) atoms. The van der Waals surface area contributed by atoms with Gasteiger partial charge in [-0.3, -0.25) is 4.90 Å². The summed E-state index contributed by atoms with van der Waals surface area (Å²) >= 11 is 1.37. The second-order valence-corrected chi connectivity index (χ2v) is 10.9. The van der Waals surface area contributed by atoms with Crippen molar-refractivity contribution in [1.82, 2.24) is 9.21 Å². The highest BCUT2D eigenvalue weighted by Crippen LogP contribution is 2.40. The fraction of sp³-hybridized carbons (Fsp3) is 0.500. The average molecular weight is 391 g/mol. The van der Waals surface area contributed by atoms with Gasteiger partial charge in [0.25, 0.3) is 10.0 Å². The van der Waals surface area contributed by atoms with Crippen LogP contribution in [0.5, 0.6) is 0 Å². The van der Waals surface area contributed by atoms with Crippen molar-refractivity contribution in [3.63, 3.8) is 0 Å². The molecule has 1 unspecified atom stereocenters. The van der Waals surface area contributed by atoms with Crippen LogP contribution in [0.15, 0.2) is 40.6 Å². The fourth-order valence-corrected chi connectivity index (χ4v) is 7.35. The second-order valence-electron chi connectivity index (χ2n) is 7.48. The van der Waals surface area contributed by atoms with Gasteiger partial charge in [-0.15, -0.1) is 11.3 Å². The molecular weight excluding hydrogens is 364 g/mol. The Hall–Kier alpha value is -1.21. The molecule has 1 saturated heterocycles. The zero-order valence-electron chi connectivity index (χ0n) is 15.4. The minimum absolute atomic E-state index is 0.411. The van der Waals surface area contributed by atoms with Gasteiger partial charge in [-0.25, -0.2) is 8.42 Å². The van der Waals surface area contributed by atoms with Crippen molar-refractivity contribution in [2.45, 2.75) is 36.4 Å². The number of nitrogens with zero attached hydrogens (tertiary/aromatic N) is 2. The third-order valence-corrected chi connectivity index (χ3v) is 9.20. The molecule has 0 radical (unpaired) electrons. The molecule has 4 rings (SSSR count). The summed E-state index contributed by atoms with van der Waals surface area (Å²) in [7, 11) is -1.12. The van der Waals surface area contributed by atoms with E-state index in [1.807, 2.05) is 13.0 Å². The number of sulfonamides is 1. The molecule has 3 heterocycles. The first-order chi connectivity index (χ1) is 12.5. The third kappa shape index (κ3) is 3.24. The van der Waals surface area contributed by atoms with Crippen molar-refractivity contribution in [1.29, 1.82) is 0 Å². The highest BCUT2D eigenvalue weighted by Gasteiger charge is 2.37. The summed E-state index contributed by atoms with van der Waals surface area (Å²) in [5.74, 6) is 0.512. The topological polar surface area (TPSA) is 40.6 Å². The predicted molar refractivity (Wildman–Crippen MR) is 106 cm³/mol. The molecule has 0 bridgehead atoms. The van der Waals surface area contributed by atoms with Crippen molar-refractivity contribution in [3.8, 4) is 0 Å². The Morgan fingerprint density at radius 3 is 2.46 bits per heavy atom. The van der Waals surface area contributed by atoms with Gasteiger partial charge in [0, 0.05) is 30.6 Å². The van der Waals surface area contributed by atoms with Gasteiger partial charge in [0.2, 0.25) is 0 Å². The van der Waals surface area contributed by atoms with Crippen LogP contribution in [0.4, 0.5) is 0 Å². The van der Waals surface area contributed by atoms with E-state index < -0.39 is 10.0 Å². The van der Waals surface area contributed by atoms with Gasteiger partial charge in [0.15, 0.2) is 0 Å². The summed E-state index contributed by atoms with van der Waals surface area (Å²) < 4.78 is 27.9. The monoisotopic (exact) mass is 390 g/mol. The molecule has 0 spiro atoms. The Bertz CT molecular complexity index is 883. The maximum absolute atomic E-state index is 12.9. The van der Waals surface area contributed by atoms with Gasteiger partial charge < -0.3 is 0 Å². The smallest absolute Gasteiger partial charge is 0.252 e. The molecule has 0 amide bonds. The Balaban J connectivity index is 1.51. The van der Waals surface area contributed by atoms with E-state index in [0.717, 1.165) is 30.7 Å². The molecule has 140 valence electrons. The fourth-order valence-electron chi connectivity index (χ4n) is 4.45. The molecule has 1 aromatic carbocycles. The van der Waals surface area contributed by atoms with E-state index in [9.17, 15) is 8.42 Å². The van der Waals surface area contributed by atoms with E-state index in [0.29, 0.717) is 29.3 Å². The standard InChI is InChI=1S/C20H26N2O2S2/c1-15-7-8-19(25-15)26(23,24)22-13-10-17(11-14-22)20-18-6-4-3-5-16(18)9-12-21(20)2/h3-8,17,20H,9-14H2,1-2H3. The summed E-state index contributed by atoms with van der Waals surface area (Å²) in [4.78, 5) is 3.50. The van der Waals surface area contributed by atoms with E-state index in [-0.39, 0.29) is 0 Å². The molecule has 0 saturated carbocycles. The van der Waals surface area contributed by atoms with Crippen molar-refractivity contribution < 1.29 is 8.42 Å². The van der Waals surface area contributed by atoms with Gasteiger partial charge in [-0.1, -0.05) is 24.3 Å². The number of rotatable bonds is 3. The minimum Gasteiger partial charge on any atom is -0.299 e. The summed E-state index contributed by atoms with van der Waals surface area (Å²) in [5, 5.41) is 0. The lowest BCUT2D eigenvalue weighted by Crippen LogP contribution is -2.43. The number of thiophene rings is 1. The molecule has 2 aliphatic rings. The average Bonchev–Trinajstić information content (AvgIpc) is 3.09. The highest BCUT2D eigenvalue weighted by atomic mass is 32.2. The van der Waals surface area contributed by atoms with Crippen molar-refractivity contribution >= 4 is 21.4 Å². The number of fused-ring (bicyclic) bond motifs is 1. The van der Waals surface area contributed by atoms with Gasteiger partial charge in [0.1, 0.15) is 4.21 Å². The van der Waals surface area contributed by atoms with E-state index in [2.05, 4.69) is 36.2 Å². The first-order valence-corrected chi connectivity index (χ1v) is 11.6. The number of likely N-dealkylation sites (N-methyl/N-ethyl adjacent to an activating group) is 1. The van der Waals surface area contributed by atoms with Crippen LogP contribution in [-0.2, 0) is 16.4 Å². The molecule has 2 aromatic rings. The molecule has 6 heteroatoms. The van der Waals surface area contributed by atoms with Crippen LogP contribution in [-0.4, -0.2) is 44.3 Å². The lowest BCUT2D eigenvalue weighted by molar-refractivity contribution is 0.122. The van der Waals surface area contributed by atoms with Crippen molar-refractivity contribution in [2.24, 2.45) is 5.92 Å². The Labute approximate surface area is 160 Å². The van der Waals surface area contributed by atoms with Gasteiger partial charge >= 0.3 is 0 Å². The van der Waals surface area contributed by atoms with Crippen LogP contribution in [0.25, 0.3) is 0 Å². The largest absolute Gasteiger partial charge is 0.299 e. The first kappa shape index (κ1) is 18.2. The predicted octanol–water partition coefficient (Wildman–Crippen LogP) is 3.69. The Morgan fingerprint density at radius 1 is 1.04 bits per heavy atom. The van der Waals surface area contributed by atoms with E-state index in [1.54, 1.807) is 10.4 Å². The Kier molecular flexibility index (Phi) is 4.94. The Morgan fingerprint density at radius 2 is 1.77 bits per heavy atom. The zero-order chi connectivity index (χ0) is 18.3. The molecule has 1 fully saturated rings. The molecule has 1 atom stereocenters. The van der Waals surface area contributed by atoms with Gasteiger partial charge in [-0.2, -0.15) is 4.31 Å². The molecule has 1 aromatic heterocycles. The van der Waals surface area contributed by atoms with Gasteiger partial charge in [0.05, 0.1) is 0 Å². The van der Waals surface area contributed by atoms with Crippen LogP contribution in [0.3, 0.4) is 0 Å². The van der Waals surface area contributed by atoms with E-state index in [1.165, 1.54) is 22.5 Å². The van der Waals surface area contributed by atoms with Crippen LogP contribution in [0.2, 0.25) is 0 Å². The van der Waals surface area contributed by atoms with E-state index >= 15 is 0 Å². The number of aryl methyl sites for hydroxylation is 1. The van der Waals surface area contributed by atoms with Crippen molar-refractivity contribution in [2.75, 3.05) is 26.7 Å². The lowest BCUT2D eigenvalue weighted by Gasteiger charge is -2.42. The lowest BCUT2D eigenvalue weighted by atomic mass is 9.80. The summed E-state index contributed by atoms with van der Waals surface area (Å²) in [6, 6.07) is 12.8. The van der Waals surface area contributed by atoms with Crippen LogP contribution in [0.1, 0.15) is 34.9 Å². The molecule has 2 aliphatic heterocycles. The molecule has 0 N–H and O–H groups in total. The number of hydrogen-bond acceptors (Lipinski definition) is 4. The SMILES string of the molecule is Cc1ccc(S(=O)(=O)N2CCC(C3c4ccccc4CCN3C)CC2)s1. The molecular formula is C20H26N2O2S2. The number of hydrogen-bond donors (Lipinski definition) is 0. The quantitative estimate of drug-likeness (QED) is 0.803. The maximum Gasteiger partial charge on any atom is 0.252 e. The normalized spacial score (nSPS) is 23.1. The maximum atomic E-state index is 12.9.